The van der Waals surface area contributed by atoms with E-state index in [0.29, 0.717) is 18.7 Å². The summed E-state index contributed by atoms with van der Waals surface area (Å²) in [5.41, 5.74) is 1.21. The van der Waals surface area contributed by atoms with Gasteiger partial charge in [-0.2, -0.15) is 0 Å². The fourth-order valence-corrected chi connectivity index (χ4v) is 4.62. The zero-order valence-electron chi connectivity index (χ0n) is 18.4. The number of halogens is 1. The quantitative estimate of drug-likeness (QED) is 0.307. The van der Waals surface area contributed by atoms with Gasteiger partial charge in [-0.3, -0.25) is 0 Å². The Hall–Kier alpha value is -1.02. The van der Waals surface area contributed by atoms with Crippen LogP contribution in [0.3, 0.4) is 0 Å². The fraction of sp³-hybridized carbons (Fsp3) is 0.708. The first kappa shape index (κ1) is 23.6. The van der Waals surface area contributed by atoms with Gasteiger partial charge in [0.1, 0.15) is 5.75 Å². The van der Waals surface area contributed by atoms with E-state index in [2.05, 4.69) is 46.7 Å². The van der Waals surface area contributed by atoms with Gasteiger partial charge in [0, 0.05) is 31.7 Å². The summed E-state index contributed by atoms with van der Waals surface area (Å²) in [7, 11) is 0. The first-order valence-corrected chi connectivity index (χ1v) is 11.8. The first-order chi connectivity index (χ1) is 14.3. The molecule has 6 heteroatoms. The van der Waals surface area contributed by atoms with Crippen molar-refractivity contribution in [2.75, 3.05) is 19.6 Å². The molecule has 1 heterocycles. The van der Waals surface area contributed by atoms with Crippen LogP contribution < -0.4 is 15.4 Å². The van der Waals surface area contributed by atoms with Gasteiger partial charge in [0.25, 0.3) is 0 Å². The minimum Gasteiger partial charge on any atom is -0.490 e. The second-order valence-electron chi connectivity index (χ2n) is 8.91. The largest absolute Gasteiger partial charge is 0.490 e. The summed E-state index contributed by atoms with van der Waals surface area (Å²) in [6.07, 6.45) is 12.0. The van der Waals surface area contributed by atoms with E-state index in [1.807, 2.05) is 0 Å². The predicted octanol–water partition coefficient (Wildman–Crippen LogP) is 4.70. The molecule has 168 valence electrons. The highest BCUT2D eigenvalue weighted by molar-refractivity contribution is 14.0. The zero-order chi connectivity index (χ0) is 19.9. The molecule has 4 rings (SSSR count). The third-order valence-electron chi connectivity index (χ3n) is 6.45. The molecular weight excluding hydrogens is 487 g/mol. The molecule has 5 nitrogen and oxygen atoms in total. The summed E-state index contributed by atoms with van der Waals surface area (Å²) in [4.78, 5) is 7.52. The van der Waals surface area contributed by atoms with Gasteiger partial charge in [0.05, 0.1) is 12.6 Å². The Morgan fingerprint density at radius 2 is 1.83 bits per heavy atom. The highest BCUT2D eigenvalue weighted by Crippen LogP contribution is 2.29. The number of aliphatic imine (C=N–C) groups is 1. The van der Waals surface area contributed by atoms with Crippen LogP contribution in [-0.2, 0) is 6.54 Å². The minimum absolute atomic E-state index is 0. The van der Waals surface area contributed by atoms with Gasteiger partial charge < -0.3 is 20.3 Å². The SMILES string of the molecule is CCNC(=NCc1cccc(OC2CCCCC2)c1)NC1CCN(C2CC2)CC1.I. The third kappa shape index (κ3) is 7.29. The fourth-order valence-electron chi connectivity index (χ4n) is 4.62. The van der Waals surface area contributed by atoms with Crippen LogP contribution in [0.5, 0.6) is 5.75 Å². The summed E-state index contributed by atoms with van der Waals surface area (Å²) in [6, 6.07) is 9.91. The second kappa shape index (κ2) is 12.1. The van der Waals surface area contributed by atoms with E-state index in [4.69, 9.17) is 9.73 Å². The van der Waals surface area contributed by atoms with Crippen molar-refractivity contribution in [1.29, 1.82) is 0 Å². The van der Waals surface area contributed by atoms with Gasteiger partial charge in [0.15, 0.2) is 5.96 Å². The first-order valence-electron chi connectivity index (χ1n) is 11.8. The van der Waals surface area contributed by atoms with Gasteiger partial charge in [-0.25, -0.2) is 4.99 Å². The number of benzene rings is 1. The zero-order valence-corrected chi connectivity index (χ0v) is 20.8. The van der Waals surface area contributed by atoms with E-state index in [1.165, 1.54) is 76.4 Å². The van der Waals surface area contributed by atoms with Crippen molar-refractivity contribution in [1.82, 2.24) is 15.5 Å². The van der Waals surface area contributed by atoms with E-state index in [9.17, 15) is 0 Å². The van der Waals surface area contributed by atoms with Crippen molar-refractivity contribution >= 4 is 29.9 Å². The number of guanidine groups is 1. The van der Waals surface area contributed by atoms with Gasteiger partial charge in [-0.15, -0.1) is 24.0 Å². The van der Waals surface area contributed by atoms with E-state index in [0.717, 1.165) is 24.3 Å². The number of rotatable bonds is 7. The van der Waals surface area contributed by atoms with Gasteiger partial charge in [-0.1, -0.05) is 18.6 Å². The van der Waals surface area contributed by atoms with Crippen LogP contribution in [0.4, 0.5) is 0 Å². The molecule has 3 fully saturated rings. The van der Waals surface area contributed by atoms with Crippen molar-refractivity contribution in [3.63, 3.8) is 0 Å². The molecule has 1 aromatic rings. The molecule has 0 bridgehead atoms. The standard InChI is InChI=1S/C24H38N4O.HI/c1-2-25-24(27-20-13-15-28(16-14-20)21-11-12-21)26-18-19-7-6-10-23(17-19)29-22-8-4-3-5-9-22;/h6-7,10,17,20-22H,2-5,8-9,11-16,18H2,1H3,(H2,25,26,27);1H. The summed E-state index contributed by atoms with van der Waals surface area (Å²) < 4.78 is 6.22. The Labute approximate surface area is 199 Å². The minimum atomic E-state index is 0. The van der Waals surface area contributed by atoms with Gasteiger partial charge in [0.2, 0.25) is 0 Å². The number of piperidine rings is 1. The highest BCUT2D eigenvalue weighted by Gasteiger charge is 2.31. The highest BCUT2D eigenvalue weighted by atomic mass is 127. The van der Waals surface area contributed by atoms with Crippen LogP contribution in [0.1, 0.15) is 70.3 Å². The molecule has 0 unspecified atom stereocenters. The molecule has 1 aromatic carbocycles. The monoisotopic (exact) mass is 526 g/mol. The molecule has 0 spiro atoms. The van der Waals surface area contributed by atoms with Crippen molar-refractivity contribution in [3.8, 4) is 5.75 Å². The summed E-state index contributed by atoms with van der Waals surface area (Å²) in [5.74, 6) is 1.94. The van der Waals surface area contributed by atoms with E-state index in [-0.39, 0.29) is 24.0 Å². The molecule has 2 N–H and O–H groups in total. The third-order valence-corrected chi connectivity index (χ3v) is 6.45. The average molecular weight is 527 g/mol. The Morgan fingerprint density at radius 1 is 1.07 bits per heavy atom. The van der Waals surface area contributed by atoms with Crippen molar-refractivity contribution in [3.05, 3.63) is 29.8 Å². The molecule has 0 atom stereocenters. The molecule has 1 saturated heterocycles. The van der Waals surface area contributed by atoms with Crippen LogP contribution in [0, 0.1) is 0 Å². The summed E-state index contributed by atoms with van der Waals surface area (Å²) in [6.45, 7) is 6.14. The number of ether oxygens (including phenoxy) is 1. The van der Waals surface area contributed by atoms with Crippen molar-refractivity contribution < 1.29 is 4.74 Å². The van der Waals surface area contributed by atoms with E-state index >= 15 is 0 Å². The number of hydrogen-bond donors (Lipinski definition) is 2. The average Bonchev–Trinajstić information content (AvgIpc) is 3.59. The number of nitrogens with one attached hydrogen (secondary N) is 2. The Morgan fingerprint density at radius 3 is 2.53 bits per heavy atom. The smallest absolute Gasteiger partial charge is 0.191 e. The summed E-state index contributed by atoms with van der Waals surface area (Å²) in [5, 5.41) is 7.09. The lowest BCUT2D eigenvalue weighted by Crippen LogP contribution is -2.49. The number of likely N-dealkylation sites (tertiary alicyclic amines) is 1. The second-order valence-corrected chi connectivity index (χ2v) is 8.91. The maximum absolute atomic E-state index is 6.22. The lowest BCUT2D eigenvalue weighted by molar-refractivity contribution is 0.155. The van der Waals surface area contributed by atoms with E-state index < -0.39 is 0 Å². The molecule has 2 aliphatic carbocycles. The molecule has 0 radical (unpaired) electrons. The molecule has 2 saturated carbocycles. The summed E-state index contributed by atoms with van der Waals surface area (Å²) >= 11 is 0. The molecule has 30 heavy (non-hydrogen) atoms. The normalized spacial score (nSPS) is 21.7. The molecule has 0 amide bonds. The van der Waals surface area contributed by atoms with E-state index in [1.54, 1.807) is 0 Å². The van der Waals surface area contributed by atoms with Crippen LogP contribution in [0.15, 0.2) is 29.3 Å². The maximum Gasteiger partial charge on any atom is 0.191 e. The predicted molar refractivity (Wildman–Crippen MR) is 135 cm³/mol. The lowest BCUT2D eigenvalue weighted by Gasteiger charge is -2.33. The van der Waals surface area contributed by atoms with Gasteiger partial charge in [-0.05, 0) is 76.0 Å². The Balaban J connectivity index is 0.00000256. The van der Waals surface area contributed by atoms with Crippen LogP contribution in [0.2, 0.25) is 0 Å². The molecule has 1 aliphatic heterocycles. The van der Waals surface area contributed by atoms with Crippen LogP contribution in [-0.4, -0.2) is 48.7 Å². The van der Waals surface area contributed by atoms with Crippen LogP contribution >= 0.6 is 24.0 Å². The van der Waals surface area contributed by atoms with Crippen LogP contribution in [0.25, 0.3) is 0 Å². The topological polar surface area (TPSA) is 48.9 Å². The Kier molecular flexibility index (Phi) is 9.56. The lowest BCUT2D eigenvalue weighted by atomic mass is 9.98. The molecule has 0 aromatic heterocycles. The van der Waals surface area contributed by atoms with Crippen molar-refractivity contribution in [2.24, 2.45) is 4.99 Å². The number of hydrogen-bond acceptors (Lipinski definition) is 3. The van der Waals surface area contributed by atoms with Crippen molar-refractivity contribution in [2.45, 2.75) is 89.4 Å². The Bertz CT molecular complexity index is 665. The molecular formula is C24H39IN4O. The number of nitrogens with zero attached hydrogens (tertiary/aromatic N) is 2. The molecule has 3 aliphatic rings. The maximum atomic E-state index is 6.22. The van der Waals surface area contributed by atoms with Gasteiger partial charge >= 0.3 is 0 Å².